The molecule has 0 aliphatic heterocycles. The van der Waals surface area contributed by atoms with E-state index < -0.39 is 41.2 Å². The Hall–Kier alpha value is -0.950. The van der Waals surface area contributed by atoms with E-state index in [1.165, 1.54) is 11.9 Å². The van der Waals surface area contributed by atoms with Crippen LogP contribution in [0.2, 0.25) is 0 Å². The lowest BCUT2D eigenvalue weighted by molar-refractivity contribution is 0.320. The molecule has 0 heterocycles. The van der Waals surface area contributed by atoms with Gasteiger partial charge in [0.25, 0.3) is 0 Å². The third-order valence-electron chi connectivity index (χ3n) is 2.17. The molecule has 0 aliphatic carbocycles. The predicted molar refractivity (Wildman–Crippen MR) is 60.6 cm³/mol. The van der Waals surface area contributed by atoms with Gasteiger partial charge in [0.05, 0.1) is 0 Å². The summed E-state index contributed by atoms with van der Waals surface area (Å²) in [6, 6.07) is 0. The molecule has 0 unspecified atom stereocenters. The lowest BCUT2D eigenvalue weighted by Crippen LogP contribution is -2.22. The topological polar surface area (TPSA) is 3.24 Å². The Balaban J connectivity index is 3.13. The number of benzene rings is 1. The third-order valence-corrected chi connectivity index (χ3v) is 2.42. The van der Waals surface area contributed by atoms with E-state index in [-0.39, 0.29) is 6.54 Å². The molecule has 0 bridgehead atoms. The number of hydrogen-bond donors (Lipinski definition) is 0. The molecule has 0 radical (unpaired) electrons. The SMILES string of the molecule is C=C(Br)CN(C)Cc1c(F)c(F)c(F)c(F)c1F. The van der Waals surface area contributed by atoms with Crippen LogP contribution in [0.4, 0.5) is 22.0 Å². The molecule has 0 saturated heterocycles. The zero-order valence-corrected chi connectivity index (χ0v) is 10.9. The second kappa shape index (κ2) is 5.79. The Morgan fingerprint density at radius 3 is 1.78 bits per heavy atom. The number of hydrogen-bond acceptors (Lipinski definition) is 1. The molecule has 0 aromatic heterocycles. The Bertz CT molecular complexity index is 460. The first-order chi connectivity index (χ1) is 8.25. The van der Waals surface area contributed by atoms with Gasteiger partial charge in [0.1, 0.15) is 0 Å². The Kier molecular flexibility index (Phi) is 4.86. The second-order valence-corrected chi connectivity index (χ2v) is 4.86. The van der Waals surface area contributed by atoms with Crippen molar-refractivity contribution in [1.29, 1.82) is 0 Å². The van der Waals surface area contributed by atoms with Crippen LogP contribution >= 0.6 is 15.9 Å². The number of likely N-dealkylation sites (N-methyl/N-ethyl adjacent to an activating group) is 1. The monoisotopic (exact) mass is 329 g/mol. The molecular weight excluding hydrogens is 321 g/mol. The fourth-order valence-corrected chi connectivity index (χ4v) is 1.84. The molecule has 1 nitrogen and oxygen atoms in total. The summed E-state index contributed by atoms with van der Waals surface area (Å²) in [7, 11) is 1.46. The maximum Gasteiger partial charge on any atom is 0.200 e. The minimum Gasteiger partial charge on any atom is -0.297 e. The summed E-state index contributed by atoms with van der Waals surface area (Å²) in [5.74, 6) is -9.64. The van der Waals surface area contributed by atoms with E-state index in [4.69, 9.17) is 0 Å². The van der Waals surface area contributed by atoms with Crippen molar-refractivity contribution >= 4 is 15.9 Å². The fourth-order valence-electron chi connectivity index (χ4n) is 1.41. The molecule has 0 saturated carbocycles. The molecule has 100 valence electrons. The van der Waals surface area contributed by atoms with Gasteiger partial charge in [-0.2, -0.15) is 0 Å². The minimum absolute atomic E-state index is 0.208. The van der Waals surface area contributed by atoms with Crippen molar-refractivity contribution in [3.05, 3.63) is 45.7 Å². The van der Waals surface area contributed by atoms with Crippen LogP contribution in [0.3, 0.4) is 0 Å². The highest BCUT2D eigenvalue weighted by molar-refractivity contribution is 9.11. The van der Waals surface area contributed by atoms with E-state index in [1.54, 1.807) is 0 Å². The first-order valence-electron chi connectivity index (χ1n) is 4.77. The largest absolute Gasteiger partial charge is 0.297 e. The summed E-state index contributed by atoms with van der Waals surface area (Å²) >= 11 is 3.03. The molecule has 1 aromatic rings. The molecular formula is C11H9BrF5N. The van der Waals surface area contributed by atoms with Crippen LogP contribution in [-0.2, 0) is 6.54 Å². The summed E-state index contributed by atoms with van der Waals surface area (Å²) in [5.41, 5.74) is -0.859. The van der Waals surface area contributed by atoms with Crippen molar-refractivity contribution in [3.63, 3.8) is 0 Å². The van der Waals surface area contributed by atoms with E-state index >= 15 is 0 Å². The van der Waals surface area contributed by atoms with Gasteiger partial charge in [-0.3, -0.25) is 4.90 Å². The van der Waals surface area contributed by atoms with Crippen LogP contribution < -0.4 is 0 Å². The third kappa shape index (κ3) is 3.08. The van der Waals surface area contributed by atoms with E-state index in [1.807, 2.05) is 0 Å². The average molecular weight is 330 g/mol. The zero-order chi connectivity index (χ0) is 14.0. The summed E-state index contributed by atoms with van der Waals surface area (Å²) < 4.78 is 65.8. The lowest BCUT2D eigenvalue weighted by atomic mass is 10.1. The molecule has 0 atom stereocenters. The van der Waals surface area contributed by atoms with Crippen molar-refractivity contribution < 1.29 is 22.0 Å². The molecule has 0 N–H and O–H groups in total. The first-order valence-corrected chi connectivity index (χ1v) is 5.57. The highest BCUT2D eigenvalue weighted by Gasteiger charge is 2.26. The molecule has 0 spiro atoms. The normalized spacial score (nSPS) is 11.1. The Labute approximate surface area is 109 Å². The van der Waals surface area contributed by atoms with Crippen LogP contribution in [-0.4, -0.2) is 18.5 Å². The lowest BCUT2D eigenvalue weighted by Gasteiger charge is -2.17. The zero-order valence-electron chi connectivity index (χ0n) is 9.34. The van der Waals surface area contributed by atoms with Gasteiger partial charge in [0, 0.05) is 23.1 Å². The predicted octanol–water partition coefficient (Wildman–Crippen LogP) is 3.72. The van der Waals surface area contributed by atoms with Crippen LogP contribution in [0, 0.1) is 29.1 Å². The summed E-state index contributed by atoms with van der Waals surface area (Å²) in [4.78, 5) is 1.36. The number of nitrogens with zero attached hydrogens (tertiary/aromatic N) is 1. The summed E-state index contributed by atoms with van der Waals surface area (Å²) in [5, 5.41) is 0. The van der Waals surface area contributed by atoms with Crippen molar-refractivity contribution in [1.82, 2.24) is 4.90 Å². The molecule has 0 aliphatic rings. The van der Waals surface area contributed by atoms with E-state index in [0.29, 0.717) is 4.48 Å². The van der Waals surface area contributed by atoms with Crippen molar-refractivity contribution in [3.8, 4) is 0 Å². The van der Waals surface area contributed by atoms with Gasteiger partial charge in [-0.05, 0) is 7.05 Å². The van der Waals surface area contributed by atoms with Crippen LogP contribution in [0.1, 0.15) is 5.56 Å². The van der Waals surface area contributed by atoms with Crippen LogP contribution in [0.5, 0.6) is 0 Å². The quantitative estimate of drug-likeness (QED) is 0.462. The first kappa shape index (κ1) is 15.1. The molecule has 0 amide bonds. The van der Waals surface area contributed by atoms with Crippen molar-refractivity contribution in [2.45, 2.75) is 6.54 Å². The van der Waals surface area contributed by atoms with E-state index in [9.17, 15) is 22.0 Å². The van der Waals surface area contributed by atoms with E-state index in [0.717, 1.165) is 0 Å². The van der Waals surface area contributed by atoms with E-state index in [2.05, 4.69) is 22.5 Å². The summed E-state index contributed by atoms with van der Waals surface area (Å²) in [6.07, 6.45) is 0. The van der Waals surface area contributed by atoms with Gasteiger partial charge in [-0.25, -0.2) is 22.0 Å². The van der Waals surface area contributed by atoms with Gasteiger partial charge in [-0.1, -0.05) is 22.5 Å². The molecule has 0 fully saturated rings. The molecule has 1 aromatic carbocycles. The maximum absolute atomic E-state index is 13.3. The van der Waals surface area contributed by atoms with Crippen molar-refractivity contribution in [2.24, 2.45) is 0 Å². The van der Waals surface area contributed by atoms with Gasteiger partial charge in [0.2, 0.25) is 5.82 Å². The maximum atomic E-state index is 13.3. The van der Waals surface area contributed by atoms with Crippen LogP contribution in [0.15, 0.2) is 11.1 Å². The van der Waals surface area contributed by atoms with Gasteiger partial charge in [0.15, 0.2) is 23.3 Å². The second-order valence-electron chi connectivity index (χ2n) is 3.74. The number of rotatable bonds is 4. The summed E-state index contributed by atoms with van der Waals surface area (Å²) in [6.45, 7) is 3.30. The Morgan fingerprint density at radius 1 is 1.00 bits per heavy atom. The smallest absolute Gasteiger partial charge is 0.200 e. The molecule has 18 heavy (non-hydrogen) atoms. The number of halogens is 6. The standard InChI is InChI=1S/C11H9BrF5N/c1-5(12)3-18(2)4-6-7(13)9(15)11(17)10(16)8(6)14/h1,3-4H2,2H3. The average Bonchev–Trinajstić information content (AvgIpc) is 2.29. The van der Waals surface area contributed by atoms with Gasteiger partial charge >= 0.3 is 0 Å². The van der Waals surface area contributed by atoms with Gasteiger partial charge in [-0.15, -0.1) is 0 Å². The highest BCUT2D eigenvalue weighted by atomic mass is 79.9. The molecule has 7 heteroatoms. The van der Waals surface area contributed by atoms with Gasteiger partial charge < -0.3 is 0 Å². The minimum atomic E-state index is -2.15. The Morgan fingerprint density at radius 2 is 1.39 bits per heavy atom. The van der Waals surface area contributed by atoms with Crippen molar-refractivity contribution in [2.75, 3.05) is 13.6 Å². The fraction of sp³-hybridized carbons (Fsp3) is 0.273. The molecule has 1 rings (SSSR count). The van der Waals surface area contributed by atoms with Crippen LogP contribution in [0.25, 0.3) is 0 Å². The highest BCUT2D eigenvalue weighted by Crippen LogP contribution is 2.24.